The van der Waals surface area contributed by atoms with Crippen molar-refractivity contribution in [3.63, 3.8) is 0 Å². The molecule has 0 spiro atoms. The van der Waals surface area contributed by atoms with E-state index >= 15 is 0 Å². The van der Waals surface area contributed by atoms with Gasteiger partial charge in [0.15, 0.2) is 6.10 Å². The first-order valence-electron chi connectivity index (χ1n) is 12.2. The van der Waals surface area contributed by atoms with Crippen LogP contribution in [0.4, 0.5) is 15.3 Å². The highest BCUT2D eigenvalue weighted by Crippen LogP contribution is 2.26. The summed E-state index contributed by atoms with van der Waals surface area (Å²) in [5, 5.41) is 12.9. The van der Waals surface area contributed by atoms with Crippen molar-refractivity contribution < 1.29 is 24.2 Å². The number of hydrogen-bond acceptors (Lipinski definition) is 5. The molecule has 4 rings (SSSR count). The Hall–Kier alpha value is -3.21. The van der Waals surface area contributed by atoms with Crippen LogP contribution in [0.15, 0.2) is 40.9 Å². The summed E-state index contributed by atoms with van der Waals surface area (Å²) in [6.07, 6.45) is 0.488. The van der Waals surface area contributed by atoms with Gasteiger partial charge < -0.3 is 29.9 Å². The van der Waals surface area contributed by atoms with E-state index < -0.39 is 12.2 Å². The second-order valence-corrected chi connectivity index (χ2v) is 10.4. The zero-order valence-corrected chi connectivity index (χ0v) is 22.5. The van der Waals surface area contributed by atoms with E-state index in [-0.39, 0.29) is 35.6 Å². The molecule has 4 amide bonds. The molecule has 1 fully saturated rings. The standard InChI is InChI=1S/C26H30BBrN4O5/c1-30(2)24(34)22(15-16-13-19(27)23(33)20(28)14-16)37-26(36)31-10-8-18(9-11-31)32-12-7-17-5-3-4-6-21(17)29-25(32)35/h3-6,13-14,18,22,33H,7-12,15H2,1-2H3,(H,29,35)/t22-/m1/s1. The molecule has 1 atom stereocenters. The Kier molecular flexibility index (Phi) is 8.31. The first-order valence-corrected chi connectivity index (χ1v) is 13.0. The van der Waals surface area contributed by atoms with Crippen LogP contribution < -0.4 is 10.8 Å². The second-order valence-electron chi connectivity index (χ2n) is 9.57. The van der Waals surface area contributed by atoms with Crippen molar-refractivity contribution in [1.82, 2.24) is 14.7 Å². The maximum absolute atomic E-state index is 13.0. The average Bonchev–Trinajstić information content (AvgIpc) is 3.04. The van der Waals surface area contributed by atoms with Gasteiger partial charge in [-0.25, -0.2) is 9.59 Å². The van der Waals surface area contributed by atoms with Gasteiger partial charge in [-0.3, -0.25) is 4.79 Å². The summed E-state index contributed by atoms with van der Waals surface area (Å²) in [6.45, 7) is 1.45. The number of likely N-dealkylation sites (tertiary alicyclic amines) is 1. The number of benzene rings is 2. The van der Waals surface area contributed by atoms with Crippen LogP contribution in [0.3, 0.4) is 0 Å². The van der Waals surface area contributed by atoms with Gasteiger partial charge in [0, 0.05) is 51.9 Å². The minimum Gasteiger partial charge on any atom is -0.507 e. The number of aromatic hydroxyl groups is 1. The number of hydrogen-bond donors (Lipinski definition) is 2. The number of anilines is 1. The van der Waals surface area contributed by atoms with Gasteiger partial charge in [0.05, 0.1) is 4.47 Å². The molecule has 0 unspecified atom stereocenters. The lowest BCUT2D eigenvalue weighted by Gasteiger charge is -2.37. The molecule has 2 N–H and O–H groups in total. The van der Waals surface area contributed by atoms with E-state index in [4.69, 9.17) is 12.6 Å². The number of carbonyl (C=O) groups is 3. The third-order valence-electron chi connectivity index (χ3n) is 6.84. The zero-order valence-electron chi connectivity index (χ0n) is 20.9. The minimum absolute atomic E-state index is 0.00916. The van der Waals surface area contributed by atoms with Crippen molar-refractivity contribution in [1.29, 1.82) is 0 Å². The Labute approximate surface area is 226 Å². The highest BCUT2D eigenvalue weighted by atomic mass is 79.9. The summed E-state index contributed by atoms with van der Waals surface area (Å²) in [5.74, 6) is -0.437. The molecule has 11 heteroatoms. The molecule has 0 aliphatic carbocycles. The molecular formula is C26H30BBrN4O5. The monoisotopic (exact) mass is 568 g/mol. The number of nitrogens with zero attached hydrogens (tertiary/aromatic N) is 3. The highest BCUT2D eigenvalue weighted by molar-refractivity contribution is 9.10. The molecule has 1 saturated heterocycles. The topological polar surface area (TPSA) is 102 Å². The number of likely N-dealkylation sites (N-methyl/N-ethyl adjacent to an activating group) is 1. The number of ether oxygens (including phenoxy) is 1. The number of carbonyl (C=O) groups excluding carboxylic acids is 3. The van der Waals surface area contributed by atoms with Gasteiger partial charge in [-0.2, -0.15) is 0 Å². The number of piperidine rings is 1. The van der Waals surface area contributed by atoms with Crippen molar-refractivity contribution in [3.05, 3.63) is 52.0 Å². The van der Waals surface area contributed by atoms with Gasteiger partial charge in [-0.15, -0.1) is 0 Å². The fourth-order valence-corrected chi connectivity index (χ4v) is 5.30. The Morgan fingerprint density at radius 3 is 2.59 bits per heavy atom. The van der Waals surface area contributed by atoms with Crippen LogP contribution in [0, 0.1) is 0 Å². The molecule has 0 aromatic heterocycles. The van der Waals surface area contributed by atoms with Crippen LogP contribution in [0.5, 0.6) is 5.75 Å². The number of amides is 4. The van der Waals surface area contributed by atoms with E-state index in [1.807, 2.05) is 29.2 Å². The molecule has 2 aliphatic heterocycles. The number of urea groups is 1. The predicted octanol–water partition coefficient (Wildman–Crippen LogP) is 2.64. The van der Waals surface area contributed by atoms with Crippen LogP contribution >= 0.6 is 15.9 Å². The molecule has 37 heavy (non-hydrogen) atoms. The molecule has 9 nitrogen and oxygen atoms in total. The molecule has 2 aliphatic rings. The number of halogens is 1. The lowest BCUT2D eigenvalue weighted by Crippen LogP contribution is -2.51. The smallest absolute Gasteiger partial charge is 0.410 e. The molecule has 0 saturated carbocycles. The van der Waals surface area contributed by atoms with Crippen molar-refractivity contribution in [2.45, 2.75) is 37.8 Å². The molecule has 2 radical (unpaired) electrons. The SMILES string of the molecule is [B]c1cc(C[C@@H](OC(=O)N2CCC(N3CCc4ccccc4NC3=O)CC2)C(=O)N(C)C)cc(Br)c1O. The van der Waals surface area contributed by atoms with Crippen LogP contribution in [-0.2, 0) is 22.4 Å². The molecule has 0 bridgehead atoms. The van der Waals surface area contributed by atoms with Gasteiger partial charge in [-0.1, -0.05) is 29.7 Å². The van der Waals surface area contributed by atoms with Gasteiger partial charge in [0.1, 0.15) is 13.6 Å². The van der Waals surface area contributed by atoms with E-state index in [0.29, 0.717) is 42.5 Å². The van der Waals surface area contributed by atoms with Crippen LogP contribution in [0.2, 0.25) is 0 Å². The Bertz CT molecular complexity index is 1160. The highest BCUT2D eigenvalue weighted by Gasteiger charge is 2.34. The van der Waals surface area contributed by atoms with Gasteiger partial charge in [0.2, 0.25) is 0 Å². The third kappa shape index (κ3) is 6.21. The average molecular weight is 569 g/mol. The number of phenolic OH excluding ortho intramolecular Hbond substituents is 1. The van der Waals surface area contributed by atoms with E-state index in [1.54, 1.807) is 31.1 Å². The Morgan fingerprint density at radius 2 is 1.92 bits per heavy atom. The van der Waals surface area contributed by atoms with Crippen molar-refractivity contribution in [2.75, 3.05) is 39.0 Å². The van der Waals surface area contributed by atoms with Crippen molar-refractivity contribution in [3.8, 4) is 5.75 Å². The molecular weight excluding hydrogens is 539 g/mol. The quantitative estimate of drug-likeness (QED) is 0.540. The fraction of sp³-hybridized carbons (Fsp3) is 0.423. The number of nitrogens with one attached hydrogen (secondary N) is 1. The lowest BCUT2D eigenvalue weighted by atomic mass is 9.91. The zero-order chi connectivity index (χ0) is 26.7. The minimum atomic E-state index is -1.05. The summed E-state index contributed by atoms with van der Waals surface area (Å²) in [4.78, 5) is 43.5. The predicted molar refractivity (Wildman–Crippen MR) is 144 cm³/mol. The Balaban J connectivity index is 1.37. The van der Waals surface area contributed by atoms with Crippen LogP contribution in [-0.4, -0.2) is 91.6 Å². The van der Waals surface area contributed by atoms with Gasteiger partial charge >= 0.3 is 12.1 Å². The maximum atomic E-state index is 13.0. The van der Waals surface area contributed by atoms with Crippen LogP contribution in [0.1, 0.15) is 24.0 Å². The summed E-state index contributed by atoms with van der Waals surface area (Å²) in [7, 11) is 9.04. The first-order chi connectivity index (χ1) is 17.6. The van der Waals surface area contributed by atoms with E-state index in [1.165, 1.54) is 4.90 Å². The van der Waals surface area contributed by atoms with Gasteiger partial charge in [-0.05, 0) is 58.5 Å². The summed E-state index contributed by atoms with van der Waals surface area (Å²) in [6, 6.07) is 10.9. The summed E-state index contributed by atoms with van der Waals surface area (Å²) in [5.41, 5.74) is 2.75. The molecule has 2 aromatic carbocycles. The fourth-order valence-electron chi connectivity index (χ4n) is 4.77. The van der Waals surface area contributed by atoms with E-state index in [9.17, 15) is 19.5 Å². The van der Waals surface area contributed by atoms with E-state index in [2.05, 4.69) is 21.2 Å². The van der Waals surface area contributed by atoms with Gasteiger partial charge in [0.25, 0.3) is 5.91 Å². The molecule has 194 valence electrons. The number of fused-ring (bicyclic) bond motifs is 1. The number of phenols is 1. The first kappa shape index (κ1) is 26.8. The summed E-state index contributed by atoms with van der Waals surface area (Å²) >= 11 is 3.25. The van der Waals surface area contributed by atoms with Crippen molar-refractivity contribution in [2.24, 2.45) is 0 Å². The van der Waals surface area contributed by atoms with Crippen molar-refractivity contribution >= 4 is 53.0 Å². The largest absolute Gasteiger partial charge is 0.507 e. The third-order valence-corrected chi connectivity index (χ3v) is 7.44. The molecule has 2 heterocycles. The normalized spacial score (nSPS) is 16.9. The molecule has 2 aromatic rings. The number of rotatable bonds is 5. The maximum Gasteiger partial charge on any atom is 0.410 e. The van der Waals surface area contributed by atoms with E-state index in [0.717, 1.165) is 17.7 Å². The Morgan fingerprint density at radius 1 is 1.22 bits per heavy atom. The van der Waals surface area contributed by atoms with Crippen LogP contribution in [0.25, 0.3) is 0 Å². The lowest BCUT2D eigenvalue weighted by molar-refractivity contribution is -0.138. The second kappa shape index (κ2) is 11.5. The summed E-state index contributed by atoms with van der Waals surface area (Å²) < 4.78 is 6.07. The number of para-hydroxylation sites is 1.